The van der Waals surface area contributed by atoms with Crippen LogP contribution in [0.5, 0.6) is 0 Å². The molecule has 0 bridgehead atoms. The standard InChI is InChI=1S/C15H9BrClN3O/c16-9-5-6-14(18-8-9)20-15(21)11-7-13(17)19-12-4-2-1-3-10(11)12/h1-8H,(H,18,20,21). The first kappa shape index (κ1) is 14.0. The van der Waals surface area contributed by atoms with Gasteiger partial charge in [-0.1, -0.05) is 29.8 Å². The van der Waals surface area contributed by atoms with Crippen molar-refractivity contribution < 1.29 is 4.79 Å². The highest BCUT2D eigenvalue weighted by Gasteiger charge is 2.13. The minimum atomic E-state index is -0.273. The van der Waals surface area contributed by atoms with E-state index >= 15 is 0 Å². The Bertz CT molecular complexity index is 821. The molecule has 0 spiro atoms. The zero-order valence-electron chi connectivity index (χ0n) is 10.7. The van der Waals surface area contributed by atoms with E-state index in [0.717, 1.165) is 9.86 Å². The van der Waals surface area contributed by atoms with Gasteiger partial charge in [-0.05, 0) is 40.2 Å². The minimum Gasteiger partial charge on any atom is -0.307 e. The van der Waals surface area contributed by atoms with Crippen LogP contribution in [0.4, 0.5) is 5.82 Å². The number of para-hydroxylation sites is 1. The van der Waals surface area contributed by atoms with Gasteiger partial charge in [0.25, 0.3) is 5.91 Å². The number of rotatable bonds is 2. The van der Waals surface area contributed by atoms with E-state index < -0.39 is 0 Å². The maximum Gasteiger partial charge on any atom is 0.257 e. The fourth-order valence-corrected chi connectivity index (χ4v) is 2.40. The monoisotopic (exact) mass is 361 g/mol. The summed E-state index contributed by atoms with van der Waals surface area (Å²) in [5.74, 6) is 0.200. The third-order valence-electron chi connectivity index (χ3n) is 2.90. The lowest BCUT2D eigenvalue weighted by molar-refractivity contribution is 0.102. The fraction of sp³-hybridized carbons (Fsp3) is 0. The molecule has 6 heteroatoms. The van der Waals surface area contributed by atoms with Crippen molar-refractivity contribution in [2.75, 3.05) is 5.32 Å². The Balaban J connectivity index is 1.99. The highest BCUT2D eigenvalue weighted by molar-refractivity contribution is 9.10. The molecule has 1 N–H and O–H groups in total. The van der Waals surface area contributed by atoms with Crippen LogP contribution in [-0.4, -0.2) is 15.9 Å². The summed E-state index contributed by atoms with van der Waals surface area (Å²) in [5.41, 5.74) is 1.15. The smallest absolute Gasteiger partial charge is 0.257 e. The Hall–Kier alpha value is -1.98. The summed E-state index contributed by atoms with van der Waals surface area (Å²) < 4.78 is 0.845. The number of benzene rings is 1. The van der Waals surface area contributed by atoms with Gasteiger partial charge in [-0.25, -0.2) is 9.97 Å². The third-order valence-corrected chi connectivity index (χ3v) is 3.56. The lowest BCUT2D eigenvalue weighted by atomic mass is 10.1. The average Bonchev–Trinajstić information content (AvgIpc) is 2.48. The number of hydrogen-bond donors (Lipinski definition) is 1. The van der Waals surface area contributed by atoms with E-state index in [-0.39, 0.29) is 11.1 Å². The molecule has 21 heavy (non-hydrogen) atoms. The number of pyridine rings is 2. The van der Waals surface area contributed by atoms with Crippen LogP contribution in [-0.2, 0) is 0 Å². The van der Waals surface area contributed by atoms with E-state index in [4.69, 9.17) is 11.6 Å². The van der Waals surface area contributed by atoms with E-state index in [9.17, 15) is 4.79 Å². The van der Waals surface area contributed by atoms with Crippen LogP contribution >= 0.6 is 27.5 Å². The molecule has 0 atom stereocenters. The summed E-state index contributed by atoms with van der Waals surface area (Å²) in [5, 5.41) is 3.77. The maximum absolute atomic E-state index is 12.4. The van der Waals surface area contributed by atoms with Crippen LogP contribution in [0.15, 0.2) is 53.1 Å². The van der Waals surface area contributed by atoms with Crippen LogP contribution in [0.25, 0.3) is 10.9 Å². The predicted molar refractivity (Wildman–Crippen MR) is 86.6 cm³/mol. The summed E-state index contributed by atoms with van der Waals surface area (Å²) in [4.78, 5) is 20.7. The van der Waals surface area contributed by atoms with Gasteiger partial charge >= 0.3 is 0 Å². The molecule has 0 saturated heterocycles. The van der Waals surface area contributed by atoms with Crippen molar-refractivity contribution >= 4 is 50.2 Å². The zero-order valence-corrected chi connectivity index (χ0v) is 13.0. The second kappa shape index (κ2) is 5.79. The number of anilines is 1. The van der Waals surface area contributed by atoms with Crippen molar-refractivity contribution in [2.24, 2.45) is 0 Å². The number of fused-ring (bicyclic) bond motifs is 1. The Morgan fingerprint density at radius 2 is 2.00 bits per heavy atom. The minimum absolute atomic E-state index is 0.273. The van der Waals surface area contributed by atoms with Gasteiger partial charge < -0.3 is 5.32 Å². The first-order chi connectivity index (χ1) is 10.1. The summed E-state index contributed by atoms with van der Waals surface area (Å²) >= 11 is 9.28. The summed E-state index contributed by atoms with van der Waals surface area (Å²) in [6.07, 6.45) is 1.62. The number of halogens is 2. The number of carbonyl (C=O) groups excluding carboxylic acids is 1. The molecular weight excluding hydrogens is 354 g/mol. The van der Waals surface area contributed by atoms with Gasteiger partial charge in [-0.15, -0.1) is 0 Å². The topological polar surface area (TPSA) is 54.9 Å². The highest BCUT2D eigenvalue weighted by atomic mass is 79.9. The van der Waals surface area contributed by atoms with Gasteiger partial charge in [0.15, 0.2) is 0 Å². The van der Waals surface area contributed by atoms with Gasteiger partial charge in [0, 0.05) is 16.1 Å². The van der Waals surface area contributed by atoms with E-state index in [2.05, 4.69) is 31.2 Å². The normalized spacial score (nSPS) is 10.6. The van der Waals surface area contributed by atoms with Crippen molar-refractivity contribution in [1.29, 1.82) is 0 Å². The Morgan fingerprint density at radius 3 is 2.76 bits per heavy atom. The Morgan fingerprint density at radius 1 is 1.19 bits per heavy atom. The van der Waals surface area contributed by atoms with Crippen LogP contribution in [0.3, 0.4) is 0 Å². The van der Waals surface area contributed by atoms with Crippen molar-refractivity contribution in [2.45, 2.75) is 0 Å². The van der Waals surface area contributed by atoms with Crippen molar-refractivity contribution in [1.82, 2.24) is 9.97 Å². The molecule has 0 aliphatic heterocycles. The first-order valence-electron chi connectivity index (χ1n) is 6.12. The van der Waals surface area contributed by atoms with E-state index in [1.54, 1.807) is 24.4 Å². The van der Waals surface area contributed by atoms with E-state index in [1.165, 1.54) is 0 Å². The molecule has 1 aromatic carbocycles. The van der Waals surface area contributed by atoms with Crippen LogP contribution in [0.2, 0.25) is 5.15 Å². The molecule has 104 valence electrons. The second-order valence-corrected chi connectivity index (χ2v) is 5.63. The highest BCUT2D eigenvalue weighted by Crippen LogP contribution is 2.22. The Labute approximate surface area is 134 Å². The molecule has 0 unspecified atom stereocenters. The summed E-state index contributed by atoms with van der Waals surface area (Å²) in [7, 11) is 0. The largest absolute Gasteiger partial charge is 0.307 e. The summed E-state index contributed by atoms with van der Waals surface area (Å²) in [6, 6.07) is 12.4. The predicted octanol–water partition coefficient (Wildman–Crippen LogP) is 4.30. The lowest BCUT2D eigenvalue weighted by Crippen LogP contribution is -2.13. The molecule has 0 aliphatic rings. The fourth-order valence-electron chi connectivity index (χ4n) is 1.96. The molecule has 4 nitrogen and oxygen atoms in total. The van der Waals surface area contributed by atoms with Crippen LogP contribution in [0.1, 0.15) is 10.4 Å². The molecule has 0 radical (unpaired) electrons. The lowest BCUT2D eigenvalue weighted by Gasteiger charge is -2.08. The molecule has 2 aromatic heterocycles. The number of amides is 1. The van der Waals surface area contributed by atoms with Crippen molar-refractivity contribution in [3.63, 3.8) is 0 Å². The first-order valence-corrected chi connectivity index (χ1v) is 7.29. The van der Waals surface area contributed by atoms with Crippen molar-refractivity contribution in [3.8, 4) is 0 Å². The van der Waals surface area contributed by atoms with Gasteiger partial charge in [-0.3, -0.25) is 4.79 Å². The number of hydrogen-bond acceptors (Lipinski definition) is 3. The average molecular weight is 363 g/mol. The van der Waals surface area contributed by atoms with Crippen molar-refractivity contribution in [3.05, 3.63) is 63.9 Å². The zero-order chi connectivity index (χ0) is 14.8. The van der Waals surface area contributed by atoms with Gasteiger partial charge in [-0.2, -0.15) is 0 Å². The third kappa shape index (κ3) is 3.04. The molecule has 0 fully saturated rings. The molecule has 3 rings (SSSR count). The van der Waals surface area contributed by atoms with Gasteiger partial charge in [0.1, 0.15) is 11.0 Å². The Kier molecular flexibility index (Phi) is 3.86. The number of nitrogens with one attached hydrogen (secondary N) is 1. The number of nitrogens with zero attached hydrogens (tertiary/aromatic N) is 2. The second-order valence-electron chi connectivity index (χ2n) is 4.33. The van der Waals surface area contributed by atoms with Crippen LogP contribution < -0.4 is 5.32 Å². The molecule has 1 amide bonds. The van der Waals surface area contributed by atoms with Gasteiger partial charge in [0.05, 0.1) is 11.1 Å². The molecule has 0 saturated carbocycles. The van der Waals surface area contributed by atoms with E-state index in [1.807, 2.05) is 24.3 Å². The molecule has 3 aromatic rings. The SMILES string of the molecule is O=C(Nc1ccc(Br)cn1)c1cc(Cl)nc2ccccc12. The number of aromatic nitrogens is 2. The molecule has 0 aliphatic carbocycles. The van der Waals surface area contributed by atoms with Crippen LogP contribution in [0, 0.1) is 0 Å². The maximum atomic E-state index is 12.4. The van der Waals surface area contributed by atoms with Gasteiger partial charge in [0.2, 0.25) is 0 Å². The summed E-state index contributed by atoms with van der Waals surface area (Å²) in [6.45, 7) is 0. The molecule has 2 heterocycles. The molecular formula is C15H9BrClN3O. The quantitative estimate of drug-likeness (QED) is 0.692. The number of carbonyl (C=O) groups is 1. The van der Waals surface area contributed by atoms with E-state index in [0.29, 0.717) is 16.9 Å².